The van der Waals surface area contributed by atoms with Crippen LogP contribution in [0.15, 0.2) is 0 Å². The third kappa shape index (κ3) is 2.45. The second-order valence-corrected chi connectivity index (χ2v) is 10.2. The molecule has 0 amide bonds. The fraction of sp³-hybridized carbons (Fsp3) is 1.00. The molecule has 0 aromatic heterocycles. The second kappa shape index (κ2) is 4.59. The van der Waals surface area contributed by atoms with Crippen LogP contribution in [-0.2, 0) is 0 Å². The van der Waals surface area contributed by atoms with Crippen molar-refractivity contribution in [2.24, 2.45) is 0 Å². The average molecular weight is 216 g/mol. The van der Waals surface area contributed by atoms with Crippen molar-refractivity contribution in [3.05, 3.63) is 0 Å². The van der Waals surface area contributed by atoms with Gasteiger partial charge in [-0.25, -0.2) is 0 Å². The Hall–Kier alpha value is 0.860. The minimum Gasteiger partial charge on any atom is -0.107 e. The maximum absolute atomic E-state index is 2.54. The summed E-state index contributed by atoms with van der Waals surface area (Å²) in [5, 5.41) is 0. The standard InChI is InChI=1S/C11H22P2/c1-12-7-3-5-10(12)9-11-6-4-8-13(11)2/h10-11H,3-9H2,1-2H3/t10-,11-,12?,13?/m1/s1. The number of hydrogen-bond donors (Lipinski definition) is 0. The molecular weight excluding hydrogens is 194 g/mol. The Labute approximate surface area is 85.4 Å². The molecule has 0 nitrogen and oxygen atoms in total. The van der Waals surface area contributed by atoms with Crippen LogP contribution in [-0.4, -0.2) is 37.0 Å². The molecule has 76 valence electrons. The fourth-order valence-corrected chi connectivity index (χ4v) is 7.60. The first-order valence-electron chi connectivity index (χ1n) is 5.68. The van der Waals surface area contributed by atoms with Gasteiger partial charge in [0.15, 0.2) is 0 Å². The van der Waals surface area contributed by atoms with Gasteiger partial charge in [0.25, 0.3) is 0 Å². The summed E-state index contributed by atoms with van der Waals surface area (Å²) in [6, 6.07) is 0. The van der Waals surface area contributed by atoms with Crippen molar-refractivity contribution >= 4 is 15.8 Å². The lowest BCUT2D eigenvalue weighted by Crippen LogP contribution is -2.09. The zero-order valence-corrected chi connectivity index (χ0v) is 10.8. The molecule has 2 heterocycles. The second-order valence-electron chi connectivity index (χ2n) is 4.79. The molecule has 2 aliphatic rings. The highest BCUT2D eigenvalue weighted by molar-refractivity contribution is 7.59. The van der Waals surface area contributed by atoms with E-state index in [1.807, 2.05) is 0 Å². The largest absolute Gasteiger partial charge is 0.107 e. The molecule has 0 radical (unpaired) electrons. The van der Waals surface area contributed by atoms with Gasteiger partial charge in [-0.15, -0.1) is 15.8 Å². The fourth-order valence-electron chi connectivity index (χ4n) is 2.87. The first-order valence-corrected chi connectivity index (χ1v) is 9.76. The predicted molar refractivity (Wildman–Crippen MR) is 66.1 cm³/mol. The monoisotopic (exact) mass is 216 g/mol. The molecule has 4 atom stereocenters. The van der Waals surface area contributed by atoms with Gasteiger partial charge in [0, 0.05) is 0 Å². The van der Waals surface area contributed by atoms with Crippen molar-refractivity contribution in [3.8, 4) is 0 Å². The Morgan fingerprint density at radius 3 is 1.69 bits per heavy atom. The van der Waals surface area contributed by atoms with Crippen LogP contribution in [0, 0.1) is 0 Å². The maximum atomic E-state index is 2.54. The van der Waals surface area contributed by atoms with E-state index in [1.54, 1.807) is 44.4 Å². The van der Waals surface area contributed by atoms with Crippen LogP contribution in [0.5, 0.6) is 0 Å². The van der Waals surface area contributed by atoms with Crippen LogP contribution >= 0.6 is 15.8 Å². The van der Waals surface area contributed by atoms with Crippen LogP contribution < -0.4 is 0 Å². The highest BCUT2D eigenvalue weighted by atomic mass is 31.1. The van der Waals surface area contributed by atoms with Gasteiger partial charge in [0.05, 0.1) is 0 Å². The van der Waals surface area contributed by atoms with Crippen LogP contribution in [0.4, 0.5) is 0 Å². The van der Waals surface area contributed by atoms with E-state index in [0.29, 0.717) is 15.8 Å². The summed E-state index contributed by atoms with van der Waals surface area (Å²) in [4.78, 5) is 0. The molecular formula is C11H22P2. The first kappa shape index (κ1) is 10.4. The van der Waals surface area contributed by atoms with Crippen molar-refractivity contribution in [1.82, 2.24) is 0 Å². The van der Waals surface area contributed by atoms with Crippen LogP contribution in [0.25, 0.3) is 0 Å². The highest BCUT2D eigenvalue weighted by Crippen LogP contribution is 2.55. The minimum atomic E-state index is 0.447. The summed E-state index contributed by atoms with van der Waals surface area (Å²) in [6.07, 6.45) is 11.0. The summed E-state index contributed by atoms with van der Waals surface area (Å²) in [5.74, 6) is 0. The number of hydrogen-bond acceptors (Lipinski definition) is 0. The van der Waals surface area contributed by atoms with Crippen molar-refractivity contribution in [1.29, 1.82) is 0 Å². The average Bonchev–Trinajstić information content (AvgIpc) is 2.65. The molecule has 0 aliphatic carbocycles. The van der Waals surface area contributed by atoms with Gasteiger partial charge < -0.3 is 0 Å². The van der Waals surface area contributed by atoms with E-state index < -0.39 is 0 Å². The Morgan fingerprint density at radius 2 is 1.38 bits per heavy atom. The Morgan fingerprint density at radius 1 is 0.923 bits per heavy atom. The van der Waals surface area contributed by atoms with Crippen molar-refractivity contribution in [2.75, 3.05) is 25.7 Å². The zero-order valence-electron chi connectivity index (χ0n) is 9.00. The predicted octanol–water partition coefficient (Wildman–Crippen LogP) is 3.92. The van der Waals surface area contributed by atoms with Crippen LogP contribution in [0.3, 0.4) is 0 Å². The number of rotatable bonds is 2. The first-order chi connectivity index (χ1) is 6.27. The Bertz CT molecular complexity index is 151. The maximum Gasteiger partial charge on any atom is -0.0206 e. The molecule has 2 fully saturated rings. The molecule has 0 N–H and O–H groups in total. The molecule has 0 saturated carbocycles. The van der Waals surface area contributed by atoms with E-state index in [-0.39, 0.29) is 0 Å². The lowest BCUT2D eigenvalue weighted by atomic mass is 10.1. The molecule has 2 aliphatic heterocycles. The molecule has 0 aromatic rings. The minimum absolute atomic E-state index is 0.447. The summed E-state index contributed by atoms with van der Waals surface area (Å²) in [7, 11) is 0.893. The van der Waals surface area contributed by atoms with Gasteiger partial charge in [-0.1, -0.05) is 0 Å². The zero-order chi connectivity index (χ0) is 9.26. The van der Waals surface area contributed by atoms with Gasteiger partial charge >= 0.3 is 0 Å². The van der Waals surface area contributed by atoms with E-state index in [0.717, 1.165) is 0 Å². The summed E-state index contributed by atoms with van der Waals surface area (Å²) < 4.78 is 0. The van der Waals surface area contributed by atoms with Gasteiger partial charge in [0.1, 0.15) is 0 Å². The third-order valence-electron chi connectivity index (χ3n) is 3.89. The Kier molecular flexibility index (Phi) is 3.66. The van der Waals surface area contributed by atoms with Gasteiger partial charge in [-0.05, 0) is 69.1 Å². The van der Waals surface area contributed by atoms with E-state index in [4.69, 9.17) is 0 Å². The topological polar surface area (TPSA) is 0 Å². The van der Waals surface area contributed by atoms with Crippen molar-refractivity contribution in [3.63, 3.8) is 0 Å². The quantitative estimate of drug-likeness (QED) is 0.613. The molecule has 13 heavy (non-hydrogen) atoms. The van der Waals surface area contributed by atoms with E-state index >= 15 is 0 Å². The Balaban J connectivity index is 1.82. The summed E-state index contributed by atoms with van der Waals surface area (Å²) in [6.45, 7) is 5.08. The smallest absolute Gasteiger partial charge is 0.0206 e. The van der Waals surface area contributed by atoms with Crippen molar-refractivity contribution in [2.45, 2.75) is 43.4 Å². The molecule has 0 bridgehead atoms. The molecule has 0 spiro atoms. The lowest BCUT2D eigenvalue weighted by Gasteiger charge is -2.23. The van der Waals surface area contributed by atoms with E-state index in [1.165, 1.54) is 11.3 Å². The molecule has 2 rings (SSSR count). The SMILES string of the molecule is CP1CCC[C@@H]1C[C@H]1CCCP1C. The van der Waals surface area contributed by atoms with E-state index in [2.05, 4.69) is 13.3 Å². The lowest BCUT2D eigenvalue weighted by molar-refractivity contribution is 0.658. The molecule has 2 heteroatoms. The van der Waals surface area contributed by atoms with E-state index in [9.17, 15) is 0 Å². The van der Waals surface area contributed by atoms with Gasteiger partial charge in [0.2, 0.25) is 0 Å². The summed E-state index contributed by atoms with van der Waals surface area (Å²) in [5.41, 5.74) is 2.34. The third-order valence-corrected chi connectivity index (χ3v) is 9.36. The van der Waals surface area contributed by atoms with Crippen molar-refractivity contribution < 1.29 is 0 Å². The van der Waals surface area contributed by atoms with Gasteiger partial charge in [-0.3, -0.25) is 0 Å². The summed E-state index contributed by atoms with van der Waals surface area (Å²) >= 11 is 0. The van der Waals surface area contributed by atoms with Gasteiger partial charge in [-0.2, -0.15) is 0 Å². The van der Waals surface area contributed by atoms with Crippen LogP contribution in [0.2, 0.25) is 0 Å². The normalized spacial score (nSPS) is 45.7. The highest BCUT2D eigenvalue weighted by Gasteiger charge is 2.30. The molecule has 2 unspecified atom stereocenters. The molecule has 2 saturated heterocycles. The van der Waals surface area contributed by atoms with Crippen LogP contribution in [0.1, 0.15) is 32.1 Å². The molecule has 0 aromatic carbocycles.